The van der Waals surface area contributed by atoms with E-state index < -0.39 is 10.0 Å². The minimum Gasteiger partial charge on any atom is -0.384 e. The summed E-state index contributed by atoms with van der Waals surface area (Å²) >= 11 is 0. The van der Waals surface area contributed by atoms with E-state index in [2.05, 4.69) is 14.9 Å². The molecule has 0 saturated heterocycles. The predicted octanol–water partition coefficient (Wildman–Crippen LogP) is 1.74. The van der Waals surface area contributed by atoms with Gasteiger partial charge in [0.2, 0.25) is 10.0 Å². The van der Waals surface area contributed by atoms with E-state index in [9.17, 15) is 8.42 Å². The molecule has 0 aliphatic heterocycles. The highest BCUT2D eigenvalue weighted by Crippen LogP contribution is 2.20. The largest absolute Gasteiger partial charge is 0.384 e. The van der Waals surface area contributed by atoms with Crippen molar-refractivity contribution >= 4 is 15.7 Å². The number of benzene rings is 1. The molecule has 0 unspecified atom stereocenters. The molecular weight excluding hydrogens is 274 g/mol. The number of anilines is 1. The van der Waals surface area contributed by atoms with Gasteiger partial charge in [0, 0.05) is 12.6 Å². The van der Waals surface area contributed by atoms with E-state index in [1.54, 1.807) is 18.2 Å². The van der Waals surface area contributed by atoms with Crippen molar-refractivity contribution in [3.8, 4) is 0 Å². The van der Waals surface area contributed by atoms with E-state index in [1.165, 1.54) is 0 Å². The number of hydrogen-bond donors (Lipinski definition) is 2. The summed E-state index contributed by atoms with van der Waals surface area (Å²) < 4.78 is 27.1. The Morgan fingerprint density at radius 2 is 1.85 bits per heavy atom. The van der Waals surface area contributed by atoms with E-state index in [-0.39, 0.29) is 6.04 Å². The molecule has 1 aromatic carbocycles. The minimum atomic E-state index is -3.47. The molecule has 0 spiro atoms. The summed E-state index contributed by atoms with van der Waals surface area (Å²) in [4.78, 5) is 2.41. The molecule has 0 fully saturated rings. The molecule has 20 heavy (non-hydrogen) atoms. The summed E-state index contributed by atoms with van der Waals surface area (Å²) in [6.45, 7) is 5.33. The number of rotatable bonds is 8. The van der Waals surface area contributed by atoms with Crippen molar-refractivity contribution < 1.29 is 8.42 Å². The van der Waals surface area contributed by atoms with E-state index >= 15 is 0 Å². The first-order valence-electron chi connectivity index (χ1n) is 6.83. The van der Waals surface area contributed by atoms with Crippen LogP contribution in [-0.2, 0) is 10.0 Å². The van der Waals surface area contributed by atoms with Crippen molar-refractivity contribution in [1.29, 1.82) is 0 Å². The first-order chi connectivity index (χ1) is 9.33. The lowest BCUT2D eigenvalue weighted by Gasteiger charge is -2.15. The van der Waals surface area contributed by atoms with Crippen molar-refractivity contribution in [2.24, 2.45) is 0 Å². The van der Waals surface area contributed by atoms with Gasteiger partial charge >= 0.3 is 0 Å². The maximum Gasteiger partial charge on any atom is 0.242 e. The van der Waals surface area contributed by atoms with E-state index in [0.29, 0.717) is 10.6 Å². The van der Waals surface area contributed by atoms with Gasteiger partial charge in [0.05, 0.1) is 5.69 Å². The number of para-hydroxylation sites is 1. The molecule has 2 N–H and O–H groups in total. The number of nitrogens with zero attached hydrogens (tertiary/aromatic N) is 1. The number of sulfonamides is 1. The molecule has 1 rings (SSSR count). The molecule has 0 aliphatic carbocycles. The van der Waals surface area contributed by atoms with Crippen molar-refractivity contribution in [2.45, 2.75) is 31.2 Å². The first kappa shape index (κ1) is 16.9. The van der Waals surface area contributed by atoms with Crippen LogP contribution in [0, 0.1) is 0 Å². The van der Waals surface area contributed by atoms with Gasteiger partial charge in [-0.2, -0.15) is 0 Å². The van der Waals surface area contributed by atoms with Crippen LogP contribution in [0.15, 0.2) is 29.2 Å². The zero-order chi connectivity index (χ0) is 15.2. The summed E-state index contributed by atoms with van der Waals surface area (Å²) in [5.41, 5.74) is 0.652. The van der Waals surface area contributed by atoms with Crippen LogP contribution in [0.2, 0.25) is 0 Å². The molecule has 0 aliphatic rings. The predicted molar refractivity (Wildman–Crippen MR) is 83.6 cm³/mol. The van der Waals surface area contributed by atoms with Gasteiger partial charge in [-0.15, -0.1) is 0 Å². The fourth-order valence-electron chi connectivity index (χ4n) is 1.84. The Kier molecular flexibility index (Phi) is 6.45. The summed E-state index contributed by atoms with van der Waals surface area (Å²) in [7, 11) is 0.571. The molecule has 0 radical (unpaired) electrons. The van der Waals surface area contributed by atoms with Crippen LogP contribution >= 0.6 is 0 Å². The lowest BCUT2D eigenvalue weighted by molar-refractivity contribution is 0.405. The number of hydrogen-bond acceptors (Lipinski definition) is 4. The van der Waals surface area contributed by atoms with Gasteiger partial charge < -0.3 is 10.2 Å². The normalized spacial score (nSPS) is 12.1. The average molecular weight is 299 g/mol. The summed E-state index contributed by atoms with van der Waals surface area (Å²) in [6, 6.07) is 6.87. The third-order valence-electron chi connectivity index (χ3n) is 2.66. The van der Waals surface area contributed by atoms with Crippen LogP contribution < -0.4 is 10.0 Å². The van der Waals surface area contributed by atoms with Gasteiger partial charge in [-0.05, 0) is 53.0 Å². The Bertz CT molecular complexity index is 513. The van der Waals surface area contributed by atoms with Gasteiger partial charge in [0.15, 0.2) is 0 Å². The molecular formula is C14H25N3O2S. The second kappa shape index (κ2) is 7.61. The maximum absolute atomic E-state index is 12.2. The summed E-state index contributed by atoms with van der Waals surface area (Å²) in [6.07, 6.45) is 0.957. The van der Waals surface area contributed by atoms with Crippen LogP contribution in [0.5, 0.6) is 0 Å². The topological polar surface area (TPSA) is 61.4 Å². The summed E-state index contributed by atoms with van der Waals surface area (Å²) in [5, 5.41) is 3.20. The molecule has 0 heterocycles. The zero-order valence-corrected chi connectivity index (χ0v) is 13.5. The molecule has 0 atom stereocenters. The van der Waals surface area contributed by atoms with Gasteiger partial charge in [-0.3, -0.25) is 0 Å². The van der Waals surface area contributed by atoms with Gasteiger partial charge in [0.1, 0.15) is 4.90 Å². The van der Waals surface area contributed by atoms with Crippen LogP contribution in [0.4, 0.5) is 5.69 Å². The van der Waals surface area contributed by atoms with E-state index in [4.69, 9.17) is 0 Å². The molecule has 0 amide bonds. The lowest BCUT2D eigenvalue weighted by atomic mass is 10.3. The zero-order valence-electron chi connectivity index (χ0n) is 12.7. The molecule has 0 aromatic heterocycles. The third kappa shape index (κ3) is 5.48. The molecule has 5 nitrogen and oxygen atoms in total. The second-order valence-electron chi connectivity index (χ2n) is 5.36. The van der Waals surface area contributed by atoms with Crippen LogP contribution in [0.1, 0.15) is 20.3 Å². The Labute approximate surface area is 122 Å². The Morgan fingerprint density at radius 1 is 1.20 bits per heavy atom. The highest BCUT2D eigenvalue weighted by Gasteiger charge is 2.18. The lowest BCUT2D eigenvalue weighted by Crippen LogP contribution is -2.30. The Balaban J connectivity index is 2.78. The quantitative estimate of drug-likeness (QED) is 0.718. The maximum atomic E-state index is 12.2. The van der Waals surface area contributed by atoms with Crippen molar-refractivity contribution in [3.05, 3.63) is 24.3 Å². The number of nitrogens with one attached hydrogen (secondary N) is 2. The smallest absolute Gasteiger partial charge is 0.242 e. The van der Waals surface area contributed by atoms with Crippen LogP contribution in [0.3, 0.4) is 0 Å². The SMILES string of the molecule is CC(C)NS(=O)(=O)c1ccccc1NCCCN(C)C. The Hall–Kier alpha value is -1.11. The second-order valence-corrected chi connectivity index (χ2v) is 7.04. The van der Waals surface area contributed by atoms with Crippen molar-refractivity contribution in [2.75, 3.05) is 32.5 Å². The van der Waals surface area contributed by atoms with Crippen molar-refractivity contribution in [1.82, 2.24) is 9.62 Å². The van der Waals surface area contributed by atoms with Gasteiger partial charge in [0.25, 0.3) is 0 Å². The van der Waals surface area contributed by atoms with Crippen LogP contribution in [-0.4, -0.2) is 46.5 Å². The minimum absolute atomic E-state index is 0.123. The van der Waals surface area contributed by atoms with E-state index in [0.717, 1.165) is 19.5 Å². The van der Waals surface area contributed by atoms with Gasteiger partial charge in [-0.25, -0.2) is 13.1 Å². The first-order valence-corrected chi connectivity index (χ1v) is 8.31. The van der Waals surface area contributed by atoms with Crippen molar-refractivity contribution in [3.63, 3.8) is 0 Å². The van der Waals surface area contributed by atoms with E-state index in [1.807, 2.05) is 34.0 Å². The molecule has 0 bridgehead atoms. The monoisotopic (exact) mass is 299 g/mol. The standard InChI is InChI=1S/C14H25N3O2S/c1-12(2)16-20(18,19)14-9-6-5-8-13(14)15-10-7-11-17(3)4/h5-6,8-9,12,15-16H,7,10-11H2,1-4H3. The molecule has 0 saturated carbocycles. The van der Waals surface area contributed by atoms with Gasteiger partial charge in [-0.1, -0.05) is 12.1 Å². The third-order valence-corrected chi connectivity index (χ3v) is 4.38. The Morgan fingerprint density at radius 3 is 2.45 bits per heavy atom. The fourth-order valence-corrected chi connectivity index (χ4v) is 3.27. The average Bonchev–Trinajstić information content (AvgIpc) is 2.33. The molecule has 1 aromatic rings. The highest BCUT2D eigenvalue weighted by molar-refractivity contribution is 7.89. The molecule has 6 heteroatoms. The fraction of sp³-hybridized carbons (Fsp3) is 0.571. The van der Waals surface area contributed by atoms with Crippen LogP contribution in [0.25, 0.3) is 0 Å². The highest BCUT2D eigenvalue weighted by atomic mass is 32.2. The molecule has 114 valence electrons. The summed E-state index contributed by atoms with van der Waals surface area (Å²) in [5.74, 6) is 0.